The van der Waals surface area contributed by atoms with Crippen LogP contribution in [-0.2, 0) is 0 Å². The second kappa shape index (κ2) is 8.05. The van der Waals surface area contributed by atoms with E-state index >= 15 is 0 Å². The van der Waals surface area contributed by atoms with Crippen LogP contribution in [0.15, 0.2) is 85.2 Å². The normalized spacial score (nSPS) is 10.3. The minimum absolute atomic E-state index is 0.401. The molecule has 0 aliphatic carbocycles. The molecular weight excluding hydrogens is 354 g/mol. The summed E-state index contributed by atoms with van der Waals surface area (Å²) < 4.78 is 11.6. The van der Waals surface area contributed by atoms with Gasteiger partial charge in [0.1, 0.15) is 41.0 Å². The van der Waals surface area contributed by atoms with E-state index in [-0.39, 0.29) is 0 Å². The summed E-state index contributed by atoms with van der Waals surface area (Å²) in [7, 11) is 0. The van der Waals surface area contributed by atoms with Crippen molar-refractivity contribution in [3.8, 4) is 23.1 Å². The zero-order valence-corrected chi connectivity index (χ0v) is 14.8. The molecule has 28 heavy (non-hydrogen) atoms. The van der Waals surface area contributed by atoms with Gasteiger partial charge in [-0.2, -0.15) is 0 Å². The van der Waals surface area contributed by atoms with Gasteiger partial charge in [-0.25, -0.2) is 15.0 Å². The number of aromatic nitrogens is 3. The van der Waals surface area contributed by atoms with Gasteiger partial charge < -0.3 is 20.5 Å². The minimum Gasteiger partial charge on any atom is -0.457 e. The number of nitrogens with zero attached hydrogens (tertiary/aromatic N) is 3. The average Bonchev–Trinajstić information content (AvgIpc) is 2.71. The maximum absolute atomic E-state index is 5.79. The summed E-state index contributed by atoms with van der Waals surface area (Å²) in [6, 6.07) is 23.9. The van der Waals surface area contributed by atoms with E-state index in [0.29, 0.717) is 29.1 Å². The molecule has 4 rings (SSSR count). The standard InChI is InChI=1S/C21H17N5O2/c22-18-7-4-8-19(25-18)26-20-13-21(24-14-23-20)28-17-11-9-16(10-12-17)27-15-5-2-1-3-6-15/h1-14H,(H3,22,23,24,25,26). The third-order valence-corrected chi connectivity index (χ3v) is 3.69. The monoisotopic (exact) mass is 371 g/mol. The van der Waals surface area contributed by atoms with Crippen LogP contribution in [0.1, 0.15) is 0 Å². The third kappa shape index (κ3) is 4.53. The summed E-state index contributed by atoms with van der Waals surface area (Å²) in [5.74, 6) is 4.09. The number of hydrogen-bond acceptors (Lipinski definition) is 7. The molecule has 0 unspecified atom stereocenters. The lowest BCUT2D eigenvalue weighted by Gasteiger charge is -2.09. The summed E-state index contributed by atoms with van der Waals surface area (Å²) in [6.07, 6.45) is 1.41. The number of rotatable bonds is 6. The van der Waals surface area contributed by atoms with Crippen molar-refractivity contribution < 1.29 is 9.47 Å². The van der Waals surface area contributed by atoms with Crippen LogP contribution in [0.4, 0.5) is 17.5 Å². The molecule has 7 heteroatoms. The van der Waals surface area contributed by atoms with Gasteiger partial charge in [-0.05, 0) is 48.5 Å². The van der Waals surface area contributed by atoms with Crippen molar-refractivity contribution >= 4 is 17.5 Å². The van der Waals surface area contributed by atoms with Gasteiger partial charge in [0.15, 0.2) is 0 Å². The van der Waals surface area contributed by atoms with E-state index in [1.807, 2.05) is 60.7 Å². The maximum atomic E-state index is 5.79. The first-order chi connectivity index (χ1) is 13.7. The fourth-order valence-corrected chi connectivity index (χ4v) is 2.44. The number of para-hydroxylation sites is 1. The predicted molar refractivity (Wildman–Crippen MR) is 107 cm³/mol. The molecule has 0 fully saturated rings. The molecule has 0 radical (unpaired) electrons. The van der Waals surface area contributed by atoms with Crippen molar-refractivity contribution in [2.75, 3.05) is 11.1 Å². The molecule has 0 aliphatic heterocycles. The van der Waals surface area contributed by atoms with Crippen LogP contribution < -0.4 is 20.5 Å². The Morgan fingerprint density at radius 3 is 2.14 bits per heavy atom. The lowest BCUT2D eigenvalue weighted by Crippen LogP contribution is -1.99. The molecule has 0 aliphatic rings. The molecule has 0 spiro atoms. The highest BCUT2D eigenvalue weighted by Crippen LogP contribution is 2.26. The molecule has 138 valence electrons. The van der Waals surface area contributed by atoms with Gasteiger partial charge in [0.05, 0.1) is 0 Å². The molecular formula is C21H17N5O2. The van der Waals surface area contributed by atoms with Crippen LogP contribution in [0.5, 0.6) is 23.1 Å². The molecule has 0 saturated carbocycles. The van der Waals surface area contributed by atoms with Crippen molar-refractivity contribution in [3.63, 3.8) is 0 Å². The molecule has 7 nitrogen and oxygen atoms in total. The number of nitrogens with two attached hydrogens (primary N) is 1. The Morgan fingerprint density at radius 2 is 1.39 bits per heavy atom. The van der Waals surface area contributed by atoms with Gasteiger partial charge >= 0.3 is 0 Å². The highest BCUT2D eigenvalue weighted by molar-refractivity contribution is 5.54. The lowest BCUT2D eigenvalue weighted by atomic mass is 10.3. The fraction of sp³-hybridized carbons (Fsp3) is 0. The van der Waals surface area contributed by atoms with Crippen LogP contribution in [0, 0.1) is 0 Å². The second-order valence-electron chi connectivity index (χ2n) is 5.80. The van der Waals surface area contributed by atoms with Crippen molar-refractivity contribution in [3.05, 3.63) is 85.2 Å². The van der Waals surface area contributed by atoms with E-state index in [1.54, 1.807) is 18.2 Å². The van der Waals surface area contributed by atoms with E-state index in [9.17, 15) is 0 Å². The summed E-state index contributed by atoms with van der Waals surface area (Å²) in [5.41, 5.74) is 5.69. The first-order valence-corrected chi connectivity index (χ1v) is 8.57. The molecule has 2 aromatic carbocycles. The fourth-order valence-electron chi connectivity index (χ4n) is 2.44. The average molecular weight is 371 g/mol. The lowest BCUT2D eigenvalue weighted by molar-refractivity contribution is 0.456. The van der Waals surface area contributed by atoms with E-state index in [1.165, 1.54) is 6.33 Å². The molecule has 0 amide bonds. The van der Waals surface area contributed by atoms with Crippen LogP contribution in [0.2, 0.25) is 0 Å². The Labute approximate surface area is 161 Å². The number of pyridine rings is 1. The largest absolute Gasteiger partial charge is 0.457 e. The molecule has 0 bridgehead atoms. The van der Waals surface area contributed by atoms with Gasteiger partial charge in [0, 0.05) is 6.07 Å². The number of benzene rings is 2. The van der Waals surface area contributed by atoms with E-state index < -0.39 is 0 Å². The smallest absolute Gasteiger partial charge is 0.224 e. The number of ether oxygens (including phenoxy) is 2. The third-order valence-electron chi connectivity index (χ3n) is 3.69. The Hall–Kier alpha value is -4.13. The maximum Gasteiger partial charge on any atom is 0.224 e. The minimum atomic E-state index is 0.401. The summed E-state index contributed by atoms with van der Waals surface area (Å²) in [5, 5.41) is 3.07. The van der Waals surface area contributed by atoms with E-state index in [4.69, 9.17) is 15.2 Å². The van der Waals surface area contributed by atoms with Gasteiger partial charge in [0.25, 0.3) is 0 Å². The molecule has 0 atom stereocenters. The Morgan fingerprint density at radius 1 is 0.679 bits per heavy atom. The Bertz CT molecular complexity index is 1060. The van der Waals surface area contributed by atoms with E-state index in [2.05, 4.69) is 20.3 Å². The number of hydrogen-bond donors (Lipinski definition) is 2. The Balaban J connectivity index is 1.42. The zero-order chi connectivity index (χ0) is 19.2. The van der Waals surface area contributed by atoms with Gasteiger partial charge in [-0.3, -0.25) is 0 Å². The van der Waals surface area contributed by atoms with E-state index in [0.717, 1.165) is 11.5 Å². The highest BCUT2D eigenvalue weighted by Gasteiger charge is 2.04. The molecule has 3 N–H and O–H groups in total. The molecule has 2 heterocycles. The van der Waals surface area contributed by atoms with Crippen molar-refractivity contribution in [2.24, 2.45) is 0 Å². The van der Waals surface area contributed by atoms with Crippen LogP contribution in [0.25, 0.3) is 0 Å². The zero-order valence-electron chi connectivity index (χ0n) is 14.8. The summed E-state index contributed by atoms with van der Waals surface area (Å²) in [4.78, 5) is 12.5. The summed E-state index contributed by atoms with van der Waals surface area (Å²) in [6.45, 7) is 0. The molecule has 2 aromatic heterocycles. The first-order valence-electron chi connectivity index (χ1n) is 8.57. The Kier molecular flexibility index (Phi) is 4.97. The van der Waals surface area contributed by atoms with Crippen molar-refractivity contribution in [1.29, 1.82) is 0 Å². The summed E-state index contributed by atoms with van der Waals surface area (Å²) >= 11 is 0. The predicted octanol–water partition coefficient (Wildman–Crippen LogP) is 4.78. The topological polar surface area (TPSA) is 95.2 Å². The van der Waals surface area contributed by atoms with Crippen molar-refractivity contribution in [1.82, 2.24) is 15.0 Å². The van der Waals surface area contributed by atoms with Crippen LogP contribution >= 0.6 is 0 Å². The van der Waals surface area contributed by atoms with Crippen LogP contribution in [0.3, 0.4) is 0 Å². The highest BCUT2D eigenvalue weighted by atomic mass is 16.5. The number of nitrogen functional groups attached to an aromatic ring is 1. The van der Waals surface area contributed by atoms with Crippen molar-refractivity contribution in [2.45, 2.75) is 0 Å². The number of anilines is 3. The van der Waals surface area contributed by atoms with Crippen LogP contribution in [-0.4, -0.2) is 15.0 Å². The number of nitrogens with one attached hydrogen (secondary N) is 1. The SMILES string of the molecule is Nc1cccc(Nc2cc(Oc3ccc(Oc4ccccc4)cc3)ncn2)n1. The van der Waals surface area contributed by atoms with Gasteiger partial charge in [-0.15, -0.1) is 0 Å². The second-order valence-corrected chi connectivity index (χ2v) is 5.80. The molecule has 0 saturated heterocycles. The van der Waals surface area contributed by atoms with Gasteiger partial charge in [-0.1, -0.05) is 24.3 Å². The quantitative estimate of drug-likeness (QED) is 0.503. The molecule has 4 aromatic rings. The first kappa shape index (κ1) is 17.3. The van der Waals surface area contributed by atoms with Gasteiger partial charge in [0.2, 0.25) is 5.88 Å².